The van der Waals surface area contributed by atoms with Gasteiger partial charge in [-0.1, -0.05) is 18.2 Å². The number of para-hydroxylation sites is 1. The van der Waals surface area contributed by atoms with E-state index in [9.17, 15) is 9.59 Å². The van der Waals surface area contributed by atoms with Crippen LogP contribution in [-0.4, -0.2) is 29.2 Å². The molecule has 2 atom stereocenters. The van der Waals surface area contributed by atoms with Crippen molar-refractivity contribution in [3.63, 3.8) is 0 Å². The van der Waals surface area contributed by atoms with Crippen LogP contribution >= 0.6 is 23.5 Å². The Morgan fingerprint density at radius 1 is 1.11 bits per heavy atom. The predicted octanol–water partition coefficient (Wildman–Crippen LogP) is 2.24. The average molecular weight is 292 g/mol. The third kappa shape index (κ3) is 1.43. The molecule has 1 saturated heterocycles. The van der Waals surface area contributed by atoms with Gasteiger partial charge in [0.1, 0.15) is 9.83 Å². The number of ether oxygens (including phenoxy) is 1. The van der Waals surface area contributed by atoms with Gasteiger partial charge in [-0.2, -0.15) is 0 Å². The second-order valence-electron chi connectivity index (χ2n) is 4.96. The number of hydrogen-bond donors (Lipinski definition) is 0. The molecule has 0 N–H and O–H groups in total. The van der Waals surface area contributed by atoms with Crippen molar-refractivity contribution in [2.75, 3.05) is 11.5 Å². The van der Waals surface area contributed by atoms with E-state index >= 15 is 0 Å². The zero-order valence-electron chi connectivity index (χ0n) is 10.1. The van der Waals surface area contributed by atoms with E-state index in [4.69, 9.17) is 4.74 Å². The zero-order valence-corrected chi connectivity index (χ0v) is 11.8. The molecule has 1 saturated carbocycles. The monoisotopic (exact) mass is 292 g/mol. The van der Waals surface area contributed by atoms with E-state index in [2.05, 4.69) is 0 Å². The van der Waals surface area contributed by atoms with Crippen molar-refractivity contribution in [1.29, 1.82) is 0 Å². The molecule has 0 aromatic heterocycles. The van der Waals surface area contributed by atoms with Crippen LogP contribution in [0.5, 0.6) is 5.75 Å². The summed E-state index contributed by atoms with van der Waals surface area (Å²) in [5, 5.41) is 0. The summed E-state index contributed by atoms with van der Waals surface area (Å²) in [6.45, 7) is 0. The number of ketones is 2. The highest BCUT2D eigenvalue weighted by molar-refractivity contribution is 8.18. The van der Waals surface area contributed by atoms with E-state index < -0.39 is 6.10 Å². The van der Waals surface area contributed by atoms with Crippen molar-refractivity contribution in [2.24, 2.45) is 5.92 Å². The second kappa shape index (κ2) is 4.03. The molecule has 3 nitrogen and oxygen atoms in total. The molecule has 19 heavy (non-hydrogen) atoms. The first-order valence-electron chi connectivity index (χ1n) is 6.36. The van der Waals surface area contributed by atoms with Gasteiger partial charge in [-0.05, 0) is 24.0 Å². The number of carbonyl (C=O) groups excluding carboxylic acids is 2. The molecule has 5 heteroatoms. The summed E-state index contributed by atoms with van der Waals surface area (Å²) in [6, 6.07) is 7.83. The highest BCUT2D eigenvalue weighted by Crippen LogP contribution is 2.63. The van der Waals surface area contributed by atoms with Crippen LogP contribution in [0.15, 0.2) is 24.3 Å². The molecule has 3 aliphatic rings. The van der Waals surface area contributed by atoms with Gasteiger partial charge >= 0.3 is 0 Å². The van der Waals surface area contributed by atoms with E-state index in [1.54, 1.807) is 0 Å². The Bertz CT molecular complexity index is 578. The first-order valence-corrected chi connectivity index (χ1v) is 8.33. The number of Topliss-reactive ketones (excluding diaryl/α,β-unsaturated/α-hetero) is 2. The predicted molar refractivity (Wildman–Crippen MR) is 75.6 cm³/mol. The van der Waals surface area contributed by atoms with Gasteiger partial charge in [0.15, 0.2) is 6.10 Å². The Labute approximate surface area is 119 Å². The van der Waals surface area contributed by atoms with E-state index in [-0.39, 0.29) is 21.6 Å². The summed E-state index contributed by atoms with van der Waals surface area (Å²) in [4.78, 5) is 23.8. The third-order valence-corrected chi connectivity index (χ3v) is 7.43. The molecule has 98 valence electrons. The van der Waals surface area contributed by atoms with Crippen molar-refractivity contribution >= 4 is 35.1 Å². The smallest absolute Gasteiger partial charge is 0.240 e. The Morgan fingerprint density at radius 2 is 1.84 bits per heavy atom. The lowest BCUT2D eigenvalue weighted by molar-refractivity contribution is -0.158. The lowest BCUT2D eigenvalue weighted by atomic mass is 9.72. The minimum Gasteiger partial charge on any atom is -0.481 e. The number of fused-ring (bicyclic) bond motifs is 4. The Kier molecular flexibility index (Phi) is 2.51. The number of carbonyl (C=O) groups is 2. The Balaban J connectivity index is 1.89. The zero-order chi connectivity index (χ0) is 13.0. The summed E-state index contributed by atoms with van der Waals surface area (Å²) in [7, 11) is 0. The highest BCUT2D eigenvalue weighted by atomic mass is 32.2. The van der Waals surface area contributed by atoms with Crippen LogP contribution in [0.3, 0.4) is 0 Å². The van der Waals surface area contributed by atoms with E-state index in [1.165, 1.54) is 0 Å². The first-order chi connectivity index (χ1) is 9.24. The normalized spacial score (nSPS) is 31.2. The van der Waals surface area contributed by atoms with Gasteiger partial charge in [-0.15, -0.1) is 23.5 Å². The number of hydrogen-bond acceptors (Lipinski definition) is 5. The molecule has 2 unspecified atom stereocenters. The molecular weight excluding hydrogens is 280 g/mol. The van der Waals surface area contributed by atoms with Gasteiger partial charge in [0.05, 0.1) is 5.92 Å². The number of benzene rings is 1. The van der Waals surface area contributed by atoms with Gasteiger partial charge < -0.3 is 4.74 Å². The summed E-state index contributed by atoms with van der Waals surface area (Å²) < 4.78 is 5.44. The third-order valence-electron chi connectivity index (χ3n) is 3.93. The SMILES string of the molecule is O=C1C(=O)C2C1Oc1ccccc1C21SCCCS1. The minimum absolute atomic E-state index is 0.249. The highest BCUT2D eigenvalue weighted by Gasteiger charge is 2.65. The van der Waals surface area contributed by atoms with Crippen molar-refractivity contribution in [1.82, 2.24) is 0 Å². The van der Waals surface area contributed by atoms with Gasteiger partial charge in [-0.25, -0.2) is 0 Å². The van der Waals surface area contributed by atoms with Crippen LogP contribution in [0.1, 0.15) is 12.0 Å². The molecule has 0 amide bonds. The number of rotatable bonds is 0. The maximum Gasteiger partial charge on any atom is 0.240 e. The van der Waals surface area contributed by atoms with Gasteiger partial charge in [0.25, 0.3) is 0 Å². The van der Waals surface area contributed by atoms with Gasteiger partial charge in [-0.3, -0.25) is 9.59 Å². The first kappa shape index (κ1) is 11.9. The Hall–Kier alpha value is -0.940. The molecule has 2 aliphatic heterocycles. The van der Waals surface area contributed by atoms with Crippen LogP contribution in [-0.2, 0) is 13.7 Å². The van der Waals surface area contributed by atoms with Crippen molar-refractivity contribution < 1.29 is 14.3 Å². The molecule has 0 radical (unpaired) electrons. The standard InChI is InChI=1S/C14H12O3S2/c15-11-10-13(12(11)16)17-9-5-2-1-4-8(9)14(10)18-6-3-7-19-14/h1-2,4-5,10,13H,3,6-7H2. The lowest BCUT2D eigenvalue weighted by Crippen LogP contribution is -2.64. The van der Waals surface area contributed by atoms with E-state index in [0.29, 0.717) is 0 Å². The Morgan fingerprint density at radius 3 is 2.63 bits per heavy atom. The summed E-state index contributed by atoms with van der Waals surface area (Å²) >= 11 is 3.62. The van der Waals surface area contributed by atoms with Crippen LogP contribution in [0, 0.1) is 5.92 Å². The second-order valence-corrected chi connectivity index (χ2v) is 7.90. The fourth-order valence-electron chi connectivity index (χ4n) is 3.02. The fraction of sp³-hybridized carbons (Fsp3) is 0.429. The topological polar surface area (TPSA) is 43.4 Å². The maximum absolute atomic E-state index is 12.0. The molecule has 2 fully saturated rings. The van der Waals surface area contributed by atoms with E-state index in [1.807, 2.05) is 47.8 Å². The van der Waals surface area contributed by atoms with Crippen LogP contribution in [0.25, 0.3) is 0 Å². The van der Waals surface area contributed by atoms with Crippen LogP contribution in [0.2, 0.25) is 0 Å². The number of thioether (sulfide) groups is 2. The van der Waals surface area contributed by atoms with Gasteiger partial charge in [0, 0.05) is 5.56 Å². The molecular formula is C14H12O3S2. The minimum atomic E-state index is -0.555. The summed E-state index contributed by atoms with van der Waals surface area (Å²) in [6.07, 6.45) is 0.597. The molecule has 1 spiro atoms. The van der Waals surface area contributed by atoms with Crippen LogP contribution < -0.4 is 4.74 Å². The van der Waals surface area contributed by atoms with E-state index in [0.717, 1.165) is 29.2 Å². The quantitative estimate of drug-likeness (QED) is 0.686. The summed E-state index contributed by atoms with van der Waals surface area (Å²) in [5.74, 6) is 1.93. The maximum atomic E-state index is 12.0. The van der Waals surface area contributed by atoms with Crippen LogP contribution in [0.4, 0.5) is 0 Å². The molecule has 1 aromatic rings. The summed E-state index contributed by atoms with van der Waals surface area (Å²) in [5.41, 5.74) is 1.08. The van der Waals surface area contributed by atoms with Crippen molar-refractivity contribution in [3.8, 4) is 5.75 Å². The van der Waals surface area contributed by atoms with Crippen molar-refractivity contribution in [3.05, 3.63) is 29.8 Å². The largest absolute Gasteiger partial charge is 0.481 e. The molecule has 4 rings (SSSR count). The fourth-order valence-corrected chi connectivity index (χ4v) is 6.69. The molecule has 1 aliphatic carbocycles. The molecule has 2 heterocycles. The van der Waals surface area contributed by atoms with Crippen molar-refractivity contribution in [2.45, 2.75) is 16.6 Å². The molecule has 1 aromatic carbocycles. The lowest BCUT2D eigenvalue weighted by Gasteiger charge is -2.51. The van der Waals surface area contributed by atoms with Gasteiger partial charge in [0.2, 0.25) is 11.6 Å². The molecule has 0 bridgehead atoms. The average Bonchev–Trinajstić information content (AvgIpc) is 2.47.